The van der Waals surface area contributed by atoms with Crippen molar-refractivity contribution in [1.29, 1.82) is 0 Å². The van der Waals surface area contributed by atoms with Crippen LogP contribution in [-0.2, 0) is 19.4 Å². The van der Waals surface area contributed by atoms with Crippen molar-refractivity contribution in [2.75, 3.05) is 7.05 Å². The van der Waals surface area contributed by atoms with Crippen LogP contribution in [0.25, 0.3) is 0 Å². The van der Waals surface area contributed by atoms with Crippen LogP contribution in [0.1, 0.15) is 28.7 Å². The molecule has 0 saturated carbocycles. The van der Waals surface area contributed by atoms with Gasteiger partial charge < -0.3 is 5.32 Å². The van der Waals surface area contributed by atoms with Gasteiger partial charge in [-0.2, -0.15) is 0 Å². The fourth-order valence-electron chi connectivity index (χ4n) is 2.03. The molecule has 0 bridgehead atoms. The van der Waals surface area contributed by atoms with Crippen LogP contribution < -0.4 is 5.32 Å². The molecule has 0 fully saturated rings. The molecule has 1 atom stereocenters. The van der Waals surface area contributed by atoms with Gasteiger partial charge in [0.2, 0.25) is 0 Å². The van der Waals surface area contributed by atoms with Crippen LogP contribution >= 0.6 is 11.3 Å². The largest absolute Gasteiger partial charge is 0.315 e. The summed E-state index contributed by atoms with van der Waals surface area (Å²) in [7, 11) is 2.02. The van der Waals surface area contributed by atoms with Crippen molar-refractivity contribution in [3.63, 3.8) is 0 Å². The van der Waals surface area contributed by atoms with Gasteiger partial charge in [-0.1, -0.05) is 6.92 Å². The normalized spacial score (nSPS) is 21.5. The van der Waals surface area contributed by atoms with Crippen LogP contribution in [0.3, 0.4) is 0 Å². The van der Waals surface area contributed by atoms with E-state index in [2.05, 4.69) is 18.3 Å². The number of thiophene rings is 1. The Kier molecular flexibility index (Phi) is 2.70. The molecule has 0 spiro atoms. The number of rotatable bonds is 2. The number of hydrogen-bond acceptors (Lipinski definition) is 2. The Hall–Kier alpha value is -0.340. The Balaban J connectivity index is 2.18. The van der Waals surface area contributed by atoms with Gasteiger partial charge in [0.15, 0.2) is 0 Å². The SMILES string of the molecule is CNCc1cc2c(s1)CCC(C)C2. The summed E-state index contributed by atoms with van der Waals surface area (Å²) in [5.74, 6) is 0.893. The Morgan fingerprint density at radius 3 is 3.23 bits per heavy atom. The highest BCUT2D eigenvalue weighted by atomic mass is 32.1. The third-order valence-corrected chi connectivity index (χ3v) is 3.97. The van der Waals surface area contributed by atoms with E-state index in [4.69, 9.17) is 0 Å². The molecule has 72 valence electrons. The fourth-order valence-corrected chi connectivity index (χ4v) is 3.26. The first-order valence-corrected chi connectivity index (χ1v) is 5.86. The van der Waals surface area contributed by atoms with Crippen LogP contribution in [0.15, 0.2) is 6.07 Å². The highest BCUT2D eigenvalue weighted by Crippen LogP contribution is 2.31. The van der Waals surface area contributed by atoms with Gasteiger partial charge in [-0.05, 0) is 43.9 Å². The minimum atomic E-state index is 0.893. The summed E-state index contributed by atoms with van der Waals surface area (Å²) in [5, 5.41) is 3.21. The van der Waals surface area contributed by atoms with E-state index in [0.29, 0.717) is 0 Å². The van der Waals surface area contributed by atoms with Crippen molar-refractivity contribution in [2.24, 2.45) is 5.92 Å². The van der Waals surface area contributed by atoms with Gasteiger partial charge in [0.05, 0.1) is 0 Å². The summed E-state index contributed by atoms with van der Waals surface area (Å²) in [6.07, 6.45) is 3.99. The van der Waals surface area contributed by atoms with Crippen molar-refractivity contribution >= 4 is 11.3 Å². The smallest absolute Gasteiger partial charge is 0.0296 e. The molecule has 1 aliphatic rings. The first kappa shape index (κ1) is 9.22. The van der Waals surface area contributed by atoms with E-state index >= 15 is 0 Å². The lowest BCUT2D eigenvalue weighted by Crippen LogP contribution is -2.08. The van der Waals surface area contributed by atoms with E-state index in [1.807, 2.05) is 18.4 Å². The molecule has 0 aliphatic heterocycles. The summed E-state index contributed by atoms with van der Waals surface area (Å²) in [6, 6.07) is 2.40. The lowest BCUT2D eigenvalue weighted by Gasteiger charge is -2.17. The maximum atomic E-state index is 3.21. The van der Waals surface area contributed by atoms with E-state index < -0.39 is 0 Å². The van der Waals surface area contributed by atoms with E-state index in [0.717, 1.165) is 12.5 Å². The molecule has 0 aromatic carbocycles. The molecule has 1 heterocycles. The predicted molar refractivity (Wildman–Crippen MR) is 58.3 cm³/mol. The summed E-state index contributed by atoms with van der Waals surface area (Å²) in [5.41, 5.74) is 1.62. The molecule has 1 aromatic rings. The van der Waals surface area contributed by atoms with Crippen LogP contribution in [0, 0.1) is 5.92 Å². The molecular weight excluding hydrogens is 178 g/mol. The molecule has 0 saturated heterocycles. The molecule has 1 nitrogen and oxygen atoms in total. The van der Waals surface area contributed by atoms with E-state index in [9.17, 15) is 0 Å². The van der Waals surface area contributed by atoms with Crippen molar-refractivity contribution < 1.29 is 0 Å². The van der Waals surface area contributed by atoms with Gasteiger partial charge in [0.25, 0.3) is 0 Å². The average molecular weight is 195 g/mol. The van der Waals surface area contributed by atoms with Gasteiger partial charge in [-0.3, -0.25) is 0 Å². The summed E-state index contributed by atoms with van der Waals surface area (Å²) in [6.45, 7) is 3.39. The lowest BCUT2D eigenvalue weighted by molar-refractivity contribution is 0.506. The summed E-state index contributed by atoms with van der Waals surface area (Å²) < 4.78 is 0. The molecular formula is C11H17NS. The third-order valence-electron chi connectivity index (χ3n) is 2.73. The quantitative estimate of drug-likeness (QED) is 0.765. The Morgan fingerprint density at radius 2 is 2.46 bits per heavy atom. The van der Waals surface area contributed by atoms with Gasteiger partial charge in [-0.25, -0.2) is 0 Å². The zero-order chi connectivity index (χ0) is 9.26. The maximum Gasteiger partial charge on any atom is 0.0296 e. The highest BCUT2D eigenvalue weighted by molar-refractivity contribution is 7.12. The van der Waals surface area contributed by atoms with Crippen LogP contribution in [0.5, 0.6) is 0 Å². The number of nitrogens with one attached hydrogen (secondary N) is 1. The predicted octanol–water partition coefficient (Wildman–Crippen LogP) is 2.59. The molecule has 1 aromatic heterocycles. The Bertz CT molecular complexity index is 290. The number of hydrogen-bond donors (Lipinski definition) is 1. The molecule has 13 heavy (non-hydrogen) atoms. The van der Waals surface area contributed by atoms with Gasteiger partial charge >= 0.3 is 0 Å². The average Bonchev–Trinajstić information content (AvgIpc) is 2.46. The zero-order valence-corrected chi connectivity index (χ0v) is 9.21. The molecule has 0 radical (unpaired) electrons. The summed E-state index contributed by atoms with van der Waals surface area (Å²) in [4.78, 5) is 3.14. The van der Waals surface area contributed by atoms with Crippen LogP contribution in [0.2, 0.25) is 0 Å². The maximum absolute atomic E-state index is 3.21. The molecule has 0 amide bonds. The van der Waals surface area contributed by atoms with Gasteiger partial charge in [0, 0.05) is 16.3 Å². The first-order chi connectivity index (χ1) is 6.29. The van der Waals surface area contributed by atoms with Gasteiger partial charge in [-0.15, -0.1) is 11.3 Å². The Morgan fingerprint density at radius 1 is 1.62 bits per heavy atom. The third kappa shape index (κ3) is 1.94. The minimum Gasteiger partial charge on any atom is -0.315 e. The standard InChI is InChI=1S/C11H17NS/c1-8-3-4-11-9(5-8)6-10(13-11)7-12-2/h6,8,12H,3-5,7H2,1-2H3. The second-order valence-electron chi connectivity index (χ2n) is 4.04. The fraction of sp³-hybridized carbons (Fsp3) is 0.636. The van der Waals surface area contributed by atoms with Crippen molar-refractivity contribution in [1.82, 2.24) is 5.32 Å². The second-order valence-corrected chi connectivity index (χ2v) is 5.26. The second kappa shape index (κ2) is 3.81. The van der Waals surface area contributed by atoms with E-state index in [1.54, 1.807) is 10.4 Å². The molecule has 1 N–H and O–H groups in total. The van der Waals surface area contributed by atoms with E-state index in [-0.39, 0.29) is 0 Å². The van der Waals surface area contributed by atoms with Crippen molar-refractivity contribution in [2.45, 2.75) is 32.7 Å². The van der Waals surface area contributed by atoms with Crippen molar-refractivity contribution in [3.8, 4) is 0 Å². The molecule has 1 unspecified atom stereocenters. The highest BCUT2D eigenvalue weighted by Gasteiger charge is 2.17. The van der Waals surface area contributed by atoms with E-state index in [1.165, 1.54) is 24.1 Å². The minimum absolute atomic E-state index is 0.893. The Labute approximate surface area is 84.2 Å². The van der Waals surface area contributed by atoms with Crippen LogP contribution in [-0.4, -0.2) is 7.05 Å². The molecule has 1 aliphatic carbocycles. The number of fused-ring (bicyclic) bond motifs is 1. The topological polar surface area (TPSA) is 12.0 Å². The number of aryl methyl sites for hydroxylation is 1. The van der Waals surface area contributed by atoms with Gasteiger partial charge in [0.1, 0.15) is 0 Å². The molecule has 2 rings (SSSR count). The zero-order valence-electron chi connectivity index (χ0n) is 8.39. The van der Waals surface area contributed by atoms with Crippen LogP contribution in [0.4, 0.5) is 0 Å². The molecule has 2 heteroatoms. The monoisotopic (exact) mass is 195 g/mol. The summed E-state index contributed by atoms with van der Waals surface area (Å²) >= 11 is 2.00. The lowest BCUT2D eigenvalue weighted by atomic mass is 9.90. The first-order valence-electron chi connectivity index (χ1n) is 5.04. The van der Waals surface area contributed by atoms with Crippen molar-refractivity contribution in [3.05, 3.63) is 21.4 Å².